The van der Waals surface area contributed by atoms with E-state index in [1.807, 2.05) is 72.1 Å². The number of aromatic nitrogens is 1. The number of pyridine rings is 1. The summed E-state index contributed by atoms with van der Waals surface area (Å²) >= 11 is 0. The highest BCUT2D eigenvalue weighted by Gasteiger charge is 2.37. The molecule has 0 aliphatic carbocycles. The molecule has 1 aromatic heterocycles. The van der Waals surface area contributed by atoms with Crippen molar-refractivity contribution in [3.63, 3.8) is 0 Å². The standard InChI is InChI=1S/C28H32N4O3/c1-30(2)17-20-8-4-5-9-22(20)23-12-13-25-21-14-19(16-32(25)27(23)33)15-31(18-21)28(34)29-24-10-6-7-11-26(24)35-3/h4-13,19,21H,14-18H2,1-3H3,(H,29,34)/t19-,21+/m0/s1. The fourth-order valence-corrected chi connectivity index (χ4v) is 5.52. The third kappa shape index (κ3) is 4.56. The number of nitrogens with zero attached hydrogens (tertiary/aromatic N) is 3. The van der Waals surface area contributed by atoms with E-state index in [2.05, 4.69) is 22.3 Å². The third-order valence-electron chi connectivity index (χ3n) is 7.03. The summed E-state index contributed by atoms with van der Waals surface area (Å²) in [6.07, 6.45) is 0.994. The molecule has 0 radical (unpaired) electrons. The van der Waals surface area contributed by atoms with E-state index in [4.69, 9.17) is 4.74 Å². The quantitative estimate of drug-likeness (QED) is 0.603. The van der Waals surface area contributed by atoms with Crippen LogP contribution in [0.25, 0.3) is 11.1 Å². The molecule has 1 N–H and O–H groups in total. The topological polar surface area (TPSA) is 66.8 Å². The molecule has 2 aliphatic rings. The summed E-state index contributed by atoms with van der Waals surface area (Å²) in [4.78, 5) is 30.7. The van der Waals surface area contributed by atoms with Gasteiger partial charge in [-0.05, 0) is 61.8 Å². The van der Waals surface area contributed by atoms with Gasteiger partial charge in [-0.1, -0.05) is 36.4 Å². The molecule has 2 atom stereocenters. The maximum atomic E-state index is 13.7. The molecule has 1 saturated heterocycles. The highest BCUT2D eigenvalue weighted by Crippen LogP contribution is 2.36. The van der Waals surface area contributed by atoms with Gasteiger partial charge in [-0.2, -0.15) is 0 Å². The number of rotatable bonds is 5. The van der Waals surface area contributed by atoms with Gasteiger partial charge in [0.05, 0.1) is 12.8 Å². The second-order valence-electron chi connectivity index (χ2n) is 9.82. The number of hydrogen-bond donors (Lipinski definition) is 1. The minimum Gasteiger partial charge on any atom is -0.495 e. The molecule has 5 rings (SSSR count). The zero-order chi connectivity index (χ0) is 24.5. The van der Waals surface area contributed by atoms with Crippen molar-refractivity contribution in [2.24, 2.45) is 5.92 Å². The number of piperidine rings is 1. The Morgan fingerprint density at radius 1 is 1.00 bits per heavy atom. The van der Waals surface area contributed by atoms with E-state index in [1.165, 1.54) is 0 Å². The molecule has 3 heterocycles. The lowest BCUT2D eigenvalue weighted by Gasteiger charge is -2.42. The lowest BCUT2D eigenvalue weighted by Crippen LogP contribution is -2.50. The number of carbonyl (C=O) groups is 1. The van der Waals surface area contributed by atoms with E-state index in [-0.39, 0.29) is 23.4 Å². The summed E-state index contributed by atoms with van der Waals surface area (Å²) in [6.45, 7) is 2.63. The Kier molecular flexibility index (Phi) is 6.34. The lowest BCUT2D eigenvalue weighted by molar-refractivity contribution is 0.139. The van der Waals surface area contributed by atoms with E-state index in [9.17, 15) is 9.59 Å². The SMILES string of the molecule is COc1ccccc1NC(=O)N1C[C@@H]2C[C@H](C1)c1ccc(-c3ccccc3CN(C)C)c(=O)n1C2. The molecule has 2 aromatic carbocycles. The number of likely N-dealkylation sites (tertiary alicyclic amines) is 1. The van der Waals surface area contributed by atoms with Crippen LogP contribution in [0.3, 0.4) is 0 Å². The normalized spacial score (nSPS) is 18.8. The van der Waals surface area contributed by atoms with Crippen LogP contribution in [-0.2, 0) is 13.1 Å². The van der Waals surface area contributed by atoms with Crippen molar-refractivity contribution in [3.05, 3.63) is 82.3 Å². The van der Waals surface area contributed by atoms with Crippen LogP contribution < -0.4 is 15.6 Å². The Morgan fingerprint density at radius 2 is 1.77 bits per heavy atom. The maximum absolute atomic E-state index is 13.7. The first-order valence-electron chi connectivity index (χ1n) is 12.1. The number of benzene rings is 2. The second kappa shape index (κ2) is 9.58. The Hall–Kier alpha value is -3.58. The molecular formula is C28H32N4O3. The van der Waals surface area contributed by atoms with Gasteiger partial charge >= 0.3 is 6.03 Å². The van der Waals surface area contributed by atoms with Gasteiger partial charge < -0.3 is 24.4 Å². The Bertz CT molecular complexity index is 1300. The first-order valence-corrected chi connectivity index (χ1v) is 12.1. The molecule has 2 aliphatic heterocycles. The van der Waals surface area contributed by atoms with Gasteiger partial charge in [0, 0.05) is 43.4 Å². The third-order valence-corrected chi connectivity index (χ3v) is 7.03. The average molecular weight is 473 g/mol. The van der Waals surface area contributed by atoms with Crippen LogP contribution in [0.1, 0.15) is 23.6 Å². The van der Waals surface area contributed by atoms with Crippen molar-refractivity contribution in [1.82, 2.24) is 14.4 Å². The van der Waals surface area contributed by atoms with Gasteiger partial charge in [0.15, 0.2) is 0 Å². The number of ether oxygens (including phenoxy) is 1. The average Bonchev–Trinajstić information content (AvgIpc) is 2.85. The van der Waals surface area contributed by atoms with Gasteiger partial charge in [0.2, 0.25) is 0 Å². The summed E-state index contributed by atoms with van der Waals surface area (Å²) in [5, 5.41) is 3.00. The molecule has 1 fully saturated rings. The Balaban J connectivity index is 1.40. The minimum atomic E-state index is -0.130. The lowest BCUT2D eigenvalue weighted by atomic mass is 9.83. The monoisotopic (exact) mass is 472 g/mol. The molecule has 35 heavy (non-hydrogen) atoms. The number of para-hydroxylation sites is 2. The fraction of sp³-hybridized carbons (Fsp3) is 0.357. The van der Waals surface area contributed by atoms with Gasteiger partial charge in [0.1, 0.15) is 5.75 Å². The number of methoxy groups -OCH3 is 1. The van der Waals surface area contributed by atoms with Gasteiger partial charge in [0.25, 0.3) is 5.56 Å². The molecule has 0 saturated carbocycles. The van der Waals surface area contributed by atoms with E-state index in [0.717, 1.165) is 35.3 Å². The number of fused-ring (bicyclic) bond motifs is 4. The summed E-state index contributed by atoms with van der Waals surface area (Å²) in [5.41, 5.74) is 4.64. The fourth-order valence-electron chi connectivity index (χ4n) is 5.52. The van der Waals surface area contributed by atoms with Crippen molar-refractivity contribution in [1.29, 1.82) is 0 Å². The highest BCUT2D eigenvalue weighted by molar-refractivity contribution is 5.91. The predicted molar refractivity (Wildman–Crippen MR) is 138 cm³/mol. The van der Waals surface area contributed by atoms with Crippen LogP contribution in [0.15, 0.2) is 65.5 Å². The second-order valence-corrected chi connectivity index (χ2v) is 9.82. The van der Waals surface area contributed by atoms with E-state index in [1.54, 1.807) is 7.11 Å². The molecule has 2 amide bonds. The molecule has 7 nitrogen and oxygen atoms in total. The van der Waals surface area contributed by atoms with Gasteiger partial charge in [-0.15, -0.1) is 0 Å². The molecular weight excluding hydrogens is 440 g/mol. The van der Waals surface area contributed by atoms with Crippen LogP contribution >= 0.6 is 0 Å². The van der Waals surface area contributed by atoms with Crippen molar-refractivity contribution in [2.45, 2.75) is 25.4 Å². The van der Waals surface area contributed by atoms with Gasteiger partial charge in [-0.3, -0.25) is 4.79 Å². The summed E-state index contributed by atoms with van der Waals surface area (Å²) in [7, 11) is 5.67. The molecule has 182 valence electrons. The van der Waals surface area contributed by atoms with Crippen molar-refractivity contribution in [2.75, 3.05) is 39.6 Å². The summed E-state index contributed by atoms with van der Waals surface area (Å²) in [5.74, 6) is 1.02. The Morgan fingerprint density at radius 3 is 2.57 bits per heavy atom. The highest BCUT2D eigenvalue weighted by atomic mass is 16.5. The number of urea groups is 1. The molecule has 2 bridgehead atoms. The predicted octanol–water partition coefficient (Wildman–Crippen LogP) is 4.24. The first-order chi connectivity index (χ1) is 16.9. The molecule has 7 heteroatoms. The van der Waals surface area contributed by atoms with E-state index < -0.39 is 0 Å². The largest absolute Gasteiger partial charge is 0.495 e. The molecule has 3 aromatic rings. The summed E-state index contributed by atoms with van der Waals surface area (Å²) < 4.78 is 7.33. The smallest absolute Gasteiger partial charge is 0.321 e. The minimum absolute atomic E-state index is 0.0651. The first kappa shape index (κ1) is 23.2. The molecule has 0 unspecified atom stereocenters. The summed E-state index contributed by atoms with van der Waals surface area (Å²) in [6, 6.07) is 19.5. The van der Waals surface area contributed by atoms with Crippen molar-refractivity contribution < 1.29 is 9.53 Å². The number of nitrogens with one attached hydrogen (secondary N) is 1. The van der Waals surface area contributed by atoms with E-state index >= 15 is 0 Å². The van der Waals surface area contributed by atoms with E-state index in [0.29, 0.717) is 31.1 Å². The zero-order valence-corrected chi connectivity index (χ0v) is 20.5. The van der Waals surface area contributed by atoms with Crippen LogP contribution in [-0.4, -0.2) is 54.7 Å². The number of carbonyl (C=O) groups excluding carboxylic acids is 1. The zero-order valence-electron chi connectivity index (χ0n) is 20.5. The van der Waals surface area contributed by atoms with Crippen LogP contribution in [0, 0.1) is 5.92 Å². The maximum Gasteiger partial charge on any atom is 0.321 e. The van der Waals surface area contributed by atoms with Crippen molar-refractivity contribution in [3.8, 4) is 16.9 Å². The Labute approximate surface area is 205 Å². The number of amides is 2. The number of anilines is 1. The molecule has 0 spiro atoms. The van der Waals surface area contributed by atoms with Crippen LogP contribution in [0.4, 0.5) is 10.5 Å². The number of hydrogen-bond acceptors (Lipinski definition) is 4. The van der Waals surface area contributed by atoms with Gasteiger partial charge in [-0.25, -0.2) is 4.79 Å². The van der Waals surface area contributed by atoms with Crippen LogP contribution in [0.5, 0.6) is 5.75 Å². The van der Waals surface area contributed by atoms with Crippen LogP contribution in [0.2, 0.25) is 0 Å². The van der Waals surface area contributed by atoms with Crippen molar-refractivity contribution >= 4 is 11.7 Å².